The van der Waals surface area contributed by atoms with Crippen molar-refractivity contribution in [2.24, 2.45) is 11.7 Å². The molecular weight excluding hydrogens is 302 g/mol. The van der Waals surface area contributed by atoms with Gasteiger partial charge in [-0.2, -0.15) is 0 Å². The summed E-state index contributed by atoms with van der Waals surface area (Å²) in [7, 11) is 0. The first-order valence-corrected chi connectivity index (χ1v) is 8.98. The number of amides is 2. The Bertz CT molecular complexity index is 599. The summed E-state index contributed by atoms with van der Waals surface area (Å²) < 4.78 is 0. The van der Waals surface area contributed by atoms with Crippen LogP contribution >= 0.6 is 0 Å². The molecule has 0 saturated carbocycles. The van der Waals surface area contributed by atoms with E-state index in [-0.39, 0.29) is 17.9 Å². The van der Waals surface area contributed by atoms with Gasteiger partial charge in [-0.25, -0.2) is 0 Å². The van der Waals surface area contributed by atoms with E-state index in [9.17, 15) is 9.59 Å². The molecular formula is C19H27N3O2. The monoisotopic (exact) mass is 329 g/mol. The zero-order valence-corrected chi connectivity index (χ0v) is 14.4. The van der Waals surface area contributed by atoms with Crippen LogP contribution in [0.15, 0.2) is 24.3 Å². The Morgan fingerprint density at radius 2 is 1.96 bits per heavy atom. The summed E-state index contributed by atoms with van der Waals surface area (Å²) in [6.45, 7) is 4.95. The van der Waals surface area contributed by atoms with Gasteiger partial charge in [0.15, 0.2) is 0 Å². The van der Waals surface area contributed by atoms with E-state index < -0.39 is 0 Å². The quantitative estimate of drug-likeness (QED) is 0.919. The number of nitrogens with two attached hydrogens (primary N) is 1. The van der Waals surface area contributed by atoms with Crippen molar-refractivity contribution in [3.05, 3.63) is 35.4 Å². The minimum atomic E-state index is 0.0702. The Kier molecular flexibility index (Phi) is 5.19. The van der Waals surface area contributed by atoms with E-state index >= 15 is 0 Å². The summed E-state index contributed by atoms with van der Waals surface area (Å²) in [6.07, 6.45) is 3.78. The first kappa shape index (κ1) is 17.0. The third-order valence-electron chi connectivity index (χ3n) is 5.36. The Balaban J connectivity index is 1.68. The van der Waals surface area contributed by atoms with Crippen molar-refractivity contribution in [2.45, 2.75) is 45.2 Å². The summed E-state index contributed by atoms with van der Waals surface area (Å²) in [4.78, 5) is 28.4. The van der Waals surface area contributed by atoms with Crippen molar-refractivity contribution in [3.8, 4) is 0 Å². The second-order valence-corrected chi connectivity index (χ2v) is 7.04. The Morgan fingerprint density at radius 1 is 1.21 bits per heavy atom. The molecule has 130 valence electrons. The fourth-order valence-electron chi connectivity index (χ4n) is 3.87. The molecule has 2 heterocycles. The molecule has 1 aromatic rings. The van der Waals surface area contributed by atoms with Crippen LogP contribution in [0.25, 0.3) is 0 Å². The zero-order chi connectivity index (χ0) is 17.1. The van der Waals surface area contributed by atoms with Gasteiger partial charge in [0.2, 0.25) is 5.91 Å². The number of hydrogen-bond acceptors (Lipinski definition) is 3. The SMILES string of the molecule is C[C@@H]1CCCN(C(=O)c2ccc(CN3CCCC3=O)cc2)[C@H]1CN. The molecule has 2 fully saturated rings. The van der Waals surface area contributed by atoms with Gasteiger partial charge >= 0.3 is 0 Å². The number of carbonyl (C=O) groups excluding carboxylic acids is 2. The number of benzene rings is 1. The molecule has 0 aliphatic carbocycles. The Hall–Kier alpha value is -1.88. The summed E-state index contributed by atoms with van der Waals surface area (Å²) in [5.41, 5.74) is 7.68. The van der Waals surface area contributed by atoms with Crippen LogP contribution in [0, 0.1) is 5.92 Å². The third-order valence-corrected chi connectivity index (χ3v) is 5.36. The first-order valence-electron chi connectivity index (χ1n) is 8.98. The maximum absolute atomic E-state index is 12.8. The number of hydrogen-bond donors (Lipinski definition) is 1. The highest BCUT2D eigenvalue weighted by Crippen LogP contribution is 2.24. The second-order valence-electron chi connectivity index (χ2n) is 7.04. The normalized spacial score (nSPS) is 24.5. The van der Waals surface area contributed by atoms with Crippen LogP contribution in [0.3, 0.4) is 0 Å². The van der Waals surface area contributed by atoms with Gasteiger partial charge in [-0.1, -0.05) is 19.1 Å². The van der Waals surface area contributed by atoms with E-state index in [1.54, 1.807) is 0 Å². The average molecular weight is 329 g/mol. The zero-order valence-electron chi connectivity index (χ0n) is 14.4. The molecule has 24 heavy (non-hydrogen) atoms. The number of piperidine rings is 1. The molecule has 0 unspecified atom stereocenters. The molecule has 2 amide bonds. The standard InChI is InChI=1S/C19H27N3O2/c1-14-4-2-11-22(17(14)12-20)19(24)16-8-6-15(7-9-16)13-21-10-3-5-18(21)23/h6-9,14,17H,2-5,10-13,20H2,1H3/t14-,17+/m1/s1. The van der Waals surface area contributed by atoms with Crippen molar-refractivity contribution in [3.63, 3.8) is 0 Å². The Morgan fingerprint density at radius 3 is 2.58 bits per heavy atom. The maximum Gasteiger partial charge on any atom is 0.254 e. The van der Waals surface area contributed by atoms with Gasteiger partial charge in [-0.05, 0) is 42.9 Å². The first-order chi connectivity index (χ1) is 11.6. The molecule has 0 radical (unpaired) electrons. The van der Waals surface area contributed by atoms with Crippen LogP contribution in [-0.4, -0.2) is 47.3 Å². The van der Waals surface area contributed by atoms with Crippen LogP contribution < -0.4 is 5.73 Å². The molecule has 1 aromatic carbocycles. The fraction of sp³-hybridized carbons (Fsp3) is 0.579. The lowest BCUT2D eigenvalue weighted by Gasteiger charge is -2.39. The average Bonchev–Trinajstić information content (AvgIpc) is 2.99. The highest BCUT2D eigenvalue weighted by Gasteiger charge is 2.31. The third kappa shape index (κ3) is 3.46. The van der Waals surface area contributed by atoms with Crippen LogP contribution in [0.5, 0.6) is 0 Å². The van der Waals surface area contributed by atoms with E-state index in [1.807, 2.05) is 34.1 Å². The van der Waals surface area contributed by atoms with Gasteiger partial charge < -0.3 is 15.5 Å². The van der Waals surface area contributed by atoms with E-state index in [4.69, 9.17) is 5.73 Å². The van der Waals surface area contributed by atoms with Gasteiger partial charge in [-0.15, -0.1) is 0 Å². The molecule has 0 aromatic heterocycles. The number of likely N-dealkylation sites (tertiary alicyclic amines) is 2. The predicted octanol–water partition coefficient (Wildman–Crippen LogP) is 2.01. The molecule has 5 heteroatoms. The molecule has 2 aliphatic heterocycles. The van der Waals surface area contributed by atoms with Crippen molar-refractivity contribution in [2.75, 3.05) is 19.6 Å². The van der Waals surface area contributed by atoms with Crippen molar-refractivity contribution in [1.82, 2.24) is 9.80 Å². The molecule has 2 saturated heterocycles. The molecule has 2 aliphatic rings. The molecule has 5 nitrogen and oxygen atoms in total. The van der Waals surface area contributed by atoms with Crippen molar-refractivity contribution in [1.29, 1.82) is 0 Å². The Labute approximate surface area is 143 Å². The summed E-state index contributed by atoms with van der Waals surface area (Å²) in [6, 6.07) is 7.82. The van der Waals surface area contributed by atoms with E-state index in [2.05, 4.69) is 6.92 Å². The topological polar surface area (TPSA) is 66.6 Å². The van der Waals surface area contributed by atoms with Crippen LogP contribution in [0.2, 0.25) is 0 Å². The number of carbonyl (C=O) groups is 2. The molecule has 3 rings (SSSR count). The predicted molar refractivity (Wildman–Crippen MR) is 93.4 cm³/mol. The second kappa shape index (κ2) is 7.34. The minimum absolute atomic E-state index is 0.0702. The van der Waals surface area contributed by atoms with Gasteiger partial charge in [0.05, 0.1) is 0 Å². The van der Waals surface area contributed by atoms with Crippen LogP contribution in [0.4, 0.5) is 0 Å². The van der Waals surface area contributed by atoms with Gasteiger partial charge in [0, 0.05) is 44.2 Å². The van der Waals surface area contributed by atoms with Crippen molar-refractivity contribution < 1.29 is 9.59 Å². The lowest BCUT2D eigenvalue weighted by molar-refractivity contribution is -0.128. The van der Waals surface area contributed by atoms with Gasteiger partial charge in [-0.3, -0.25) is 9.59 Å². The van der Waals surface area contributed by atoms with Gasteiger partial charge in [0.1, 0.15) is 0 Å². The maximum atomic E-state index is 12.8. The summed E-state index contributed by atoms with van der Waals surface area (Å²) in [5, 5.41) is 0. The van der Waals surface area contributed by atoms with Crippen LogP contribution in [0.1, 0.15) is 48.5 Å². The summed E-state index contributed by atoms with van der Waals surface area (Å²) >= 11 is 0. The molecule has 0 spiro atoms. The van der Waals surface area contributed by atoms with E-state index in [1.165, 1.54) is 0 Å². The summed E-state index contributed by atoms with van der Waals surface area (Å²) in [5.74, 6) is 0.747. The largest absolute Gasteiger partial charge is 0.338 e. The van der Waals surface area contributed by atoms with Gasteiger partial charge in [0.25, 0.3) is 5.91 Å². The lowest BCUT2D eigenvalue weighted by atomic mass is 9.90. The van der Waals surface area contributed by atoms with E-state index in [0.717, 1.165) is 37.9 Å². The fourth-order valence-corrected chi connectivity index (χ4v) is 3.87. The minimum Gasteiger partial charge on any atom is -0.338 e. The van der Waals surface area contributed by atoms with Crippen molar-refractivity contribution >= 4 is 11.8 Å². The van der Waals surface area contributed by atoms with Crippen LogP contribution in [-0.2, 0) is 11.3 Å². The molecule has 0 bridgehead atoms. The number of nitrogens with zero attached hydrogens (tertiary/aromatic N) is 2. The molecule has 2 N–H and O–H groups in total. The molecule has 2 atom stereocenters. The smallest absolute Gasteiger partial charge is 0.254 e. The number of rotatable bonds is 4. The highest BCUT2D eigenvalue weighted by molar-refractivity contribution is 5.94. The lowest BCUT2D eigenvalue weighted by Crippen LogP contribution is -2.51. The van der Waals surface area contributed by atoms with E-state index in [0.29, 0.717) is 31.0 Å². The highest BCUT2D eigenvalue weighted by atomic mass is 16.2.